The lowest BCUT2D eigenvalue weighted by Gasteiger charge is -2.26. The van der Waals surface area contributed by atoms with Gasteiger partial charge in [0, 0.05) is 20.0 Å². The van der Waals surface area contributed by atoms with Crippen molar-refractivity contribution in [2.24, 2.45) is 0 Å². The van der Waals surface area contributed by atoms with E-state index in [9.17, 15) is 9.90 Å². The van der Waals surface area contributed by atoms with Crippen molar-refractivity contribution in [2.45, 2.75) is 45.8 Å². The quantitative estimate of drug-likeness (QED) is 0.704. The normalized spacial score (nSPS) is 19.4. The second kappa shape index (κ2) is 9.57. The SMILES string of the molecule is CCOc1ccccc1OCc1ccccc1CN1CCC(O)C1OC(C)=O. The minimum absolute atomic E-state index is 0.389. The zero-order valence-corrected chi connectivity index (χ0v) is 16.3. The van der Waals surface area contributed by atoms with E-state index in [1.54, 1.807) is 0 Å². The fourth-order valence-corrected chi connectivity index (χ4v) is 3.37. The van der Waals surface area contributed by atoms with E-state index < -0.39 is 12.3 Å². The molecule has 6 heteroatoms. The average Bonchev–Trinajstić information content (AvgIpc) is 3.01. The molecule has 3 rings (SSSR count). The van der Waals surface area contributed by atoms with E-state index in [0.717, 1.165) is 16.9 Å². The van der Waals surface area contributed by atoms with Crippen LogP contribution in [0.15, 0.2) is 48.5 Å². The molecular formula is C22H27NO5. The first-order chi connectivity index (χ1) is 13.6. The minimum Gasteiger partial charge on any atom is -0.490 e. The van der Waals surface area contributed by atoms with Gasteiger partial charge in [0.25, 0.3) is 0 Å². The van der Waals surface area contributed by atoms with Crippen molar-refractivity contribution in [3.63, 3.8) is 0 Å². The molecule has 2 aromatic carbocycles. The molecule has 28 heavy (non-hydrogen) atoms. The maximum absolute atomic E-state index is 11.4. The van der Waals surface area contributed by atoms with Crippen LogP contribution in [0.1, 0.15) is 31.4 Å². The molecule has 1 heterocycles. The van der Waals surface area contributed by atoms with E-state index in [4.69, 9.17) is 14.2 Å². The summed E-state index contributed by atoms with van der Waals surface area (Å²) in [4.78, 5) is 13.3. The fourth-order valence-electron chi connectivity index (χ4n) is 3.37. The molecule has 2 aromatic rings. The molecule has 6 nitrogen and oxygen atoms in total. The first-order valence-corrected chi connectivity index (χ1v) is 9.59. The summed E-state index contributed by atoms with van der Waals surface area (Å²) in [7, 11) is 0. The Morgan fingerprint density at radius 2 is 1.71 bits per heavy atom. The highest BCUT2D eigenvalue weighted by molar-refractivity contribution is 5.66. The smallest absolute Gasteiger partial charge is 0.304 e. The third-order valence-corrected chi connectivity index (χ3v) is 4.71. The van der Waals surface area contributed by atoms with Gasteiger partial charge in [0.05, 0.1) is 6.61 Å². The summed E-state index contributed by atoms with van der Waals surface area (Å²) in [5.41, 5.74) is 2.11. The number of carbonyl (C=O) groups is 1. The standard InChI is InChI=1S/C22H27NO5/c1-3-26-20-10-6-7-11-21(20)27-15-18-9-5-4-8-17(18)14-23-13-12-19(25)22(23)28-16(2)24/h4-11,19,22,25H,3,12-15H2,1-2H3. The largest absolute Gasteiger partial charge is 0.490 e. The number of hydrogen-bond acceptors (Lipinski definition) is 6. The molecule has 1 fully saturated rings. The summed E-state index contributed by atoms with van der Waals surface area (Å²) in [6.07, 6.45) is -0.686. The summed E-state index contributed by atoms with van der Waals surface area (Å²) >= 11 is 0. The molecule has 0 radical (unpaired) electrons. The van der Waals surface area contributed by atoms with E-state index in [-0.39, 0.29) is 5.97 Å². The van der Waals surface area contributed by atoms with Crippen molar-refractivity contribution in [3.8, 4) is 11.5 Å². The molecule has 2 atom stereocenters. The molecule has 0 aromatic heterocycles. The molecule has 1 aliphatic rings. The van der Waals surface area contributed by atoms with E-state index >= 15 is 0 Å². The third kappa shape index (κ3) is 5.03. The van der Waals surface area contributed by atoms with Gasteiger partial charge in [-0.1, -0.05) is 36.4 Å². The van der Waals surface area contributed by atoms with Crippen LogP contribution in [0.3, 0.4) is 0 Å². The van der Waals surface area contributed by atoms with Crippen molar-refractivity contribution in [1.29, 1.82) is 0 Å². The monoisotopic (exact) mass is 385 g/mol. The number of benzene rings is 2. The van der Waals surface area contributed by atoms with Gasteiger partial charge in [-0.15, -0.1) is 0 Å². The maximum atomic E-state index is 11.4. The molecule has 1 aliphatic heterocycles. The summed E-state index contributed by atoms with van der Waals surface area (Å²) < 4.78 is 16.9. The van der Waals surface area contributed by atoms with Crippen LogP contribution in [-0.2, 0) is 22.7 Å². The first-order valence-electron chi connectivity index (χ1n) is 9.59. The number of aliphatic hydroxyl groups excluding tert-OH is 1. The number of carbonyl (C=O) groups excluding carboxylic acids is 1. The van der Waals surface area contributed by atoms with Crippen LogP contribution < -0.4 is 9.47 Å². The molecule has 150 valence electrons. The number of hydrogen-bond donors (Lipinski definition) is 1. The van der Waals surface area contributed by atoms with Gasteiger partial charge in [-0.05, 0) is 36.6 Å². The number of aliphatic hydroxyl groups is 1. The Morgan fingerprint density at radius 3 is 2.39 bits per heavy atom. The Balaban J connectivity index is 1.71. The Morgan fingerprint density at radius 1 is 1.07 bits per heavy atom. The molecule has 1 N–H and O–H groups in total. The van der Waals surface area contributed by atoms with Crippen molar-refractivity contribution >= 4 is 5.97 Å². The van der Waals surface area contributed by atoms with Crippen LogP contribution in [0.5, 0.6) is 11.5 Å². The molecule has 0 saturated carbocycles. The van der Waals surface area contributed by atoms with Gasteiger partial charge in [-0.2, -0.15) is 0 Å². The van der Waals surface area contributed by atoms with Gasteiger partial charge in [0.1, 0.15) is 12.7 Å². The Labute approximate surface area is 165 Å². The van der Waals surface area contributed by atoms with Crippen LogP contribution in [0, 0.1) is 0 Å². The second-order valence-corrected chi connectivity index (χ2v) is 6.76. The fraction of sp³-hybridized carbons (Fsp3) is 0.409. The van der Waals surface area contributed by atoms with Crippen molar-refractivity contribution in [2.75, 3.05) is 13.2 Å². The van der Waals surface area contributed by atoms with E-state index in [0.29, 0.717) is 38.5 Å². The lowest BCUT2D eigenvalue weighted by atomic mass is 10.1. The molecule has 0 bridgehead atoms. The van der Waals surface area contributed by atoms with E-state index in [1.165, 1.54) is 6.92 Å². The molecule has 1 saturated heterocycles. The number of likely N-dealkylation sites (tertiary alicyclic amines) is 1. The molecule has 2 unspecified atom stereocenters. The number of para-hydroxylation sites is 2. The first kappa shape index (κ1) is 20.2. The molecule has 0 amide bonds. The van der Waals surface area contributed by atoms with Crippen LogP contribution in [0.4, 0.5) is 0 Å². The Kier molecular flexibility index (Phi) is 6.90. The predicted molar refractivity (Wildman–Crippen MR) is 105 cm³/mol. The number of esters is 1. The number of nitrogens with zero attached hydrogens (tertiary/aromatic N) is 1. The zero-order valence-electron chi connectivity index (χ0n) is 16.3. The van der Waals surface area contributed by atoms with Gasteiger partial charge in [0.2, 0.25) is 0 Å². The van der Waals surface area contributed by atoms with Gasteiger partial charge < -0.3 is 19.3 Å². The van der Waals surface area contributed by atoms with Gasteiger partial charge in [0.15, 0.2) is 17.7 Å². The minimum atomic E-state index is -0.662. The van der Waals surface area contributed by atoms with Gasteiger partial charge in [-0.25, -0.2) is 0 Å². The van der Waals surface area contributed by atoms with Crippen LogP contribution in [0.25, 0.3) is 0 Å². The molecule has 0 aliphatic carbocycles. The molecule has 0 spiro atoms. The maximum Gasteiger partial charge on any atom is 0.304 e. The summed E-state index contributed by atoms with van der Waals surface area (Å²) in [6.45, 7) is 5.51. The van der Waals surface area contributed by atoms with Gasteiger partial charge in [-0.3, -0.25) is 9.69 Å². The van der Waals surface area contributed by atoms with Crippen molar-refractivity contribution in [3.05, 3.63) is 59.7 Å². The Bertz CT molecular complexity index is 794. The highest BCUT2D eigenvalue weighted by Gasteiger charge is 2.35. The average molecular weight is 385 g/mol. The number of rotatable bonds is 8. The predicted octanol–water partition coefficient (Wildman–Crippen LogP) is 3.12. The van der Waals surface area contributed by atoms with Crippen LogP contribution in [-0.4, -0.2) is 41.5 Å². The zero-order chi connectivity index (χ0) is 19.9. The lowest BCUT2D eigenvalue weighted by Crippen LogP contribution is -2.38. The van der Waals surface area contributed by atoms with Crippen LogP contribution >= 0.6 is 0 Å². The third-order valence-electron chi connectivity index (χ3n) is 4.71. The Hall–Kier alpha value is -2.57. The van der Waals surface area contributed by atoms with E-state index in [2.05, 4.69) is 0 Å². The van der Waals surface area contributed by atoms with Crippen LogP contribution in [0.2, 0.25) is 0 Å². The van der Waals surface area contributed by atoms with E-state index in [1.807, 2.05) is 60.4 Å². The second-order valence-electron chi connectivity index (χ2n) is 6.76. The molecular weight excluding hydrogens is 358 g/mol. The van der Waals surface area contributed by atoms with Gasteiger partial charge >= 0.3 is 5.97 Å². The van der Waals surface area contributed by atoms with Crippen molar-refractivity contribution in [1.82, 2.24) is 4.90 Å². The summed E-state index contributed by atoms with van der Waals surface area (Å²) in [5.74, 6) is 1.04. The summed E-state index contributed by atoms with van der Waals surface area (Å²) in [5, 5.41) is 10.1. The van der Waals surface area contributed by atoms with Crippen molar-refractivity contribution < 1.29 is 24.1 Å². The highest BCUT2D eigenvalue weighted by atomic mass is 16.6. The summed E-state index contributed by atoms with van der Waals surface area (Å²) in [6, 6.07) is 15.6. The number of ether oxygens (including phenoxy) is 3. The highest BCUT2D eigenvalue weighted by Crippen LogP contribution is 2.28. The lowest BCUT2D eigenvalue weighted by molar-refractivity contribution is -0.161. The topological polar surface area (TPSA) is 68.2 Å².